The van der Waals surface area contributed by atoms with Crippen molar-refractivity contribution in [2.24, 2.45) is 0 Å². The number of hydrogen-bond acceptors (Lipinski definition) is 3. The van der Waals surface area contributed by atoms with Crippen molar-refractivity contribution in [2.45, 2.75) is 12.8 Å². The van der Waals surface area contributed by atoms with Crippen LogP contribution in [0.15, 0.2) is 24.1 Å². The van der Waals surface area contributed by atoms with Gasteiger partial charge in [-0.1, -0.05) is 0 Å². The lowest BCUT2D eigenvalue weighted by atomic mass is 10.2. The summed E-state index contributed by atoms with van der Waals surface area (Å²) in [4.78, 5) is 4.80. The maximum atomic E-state index is 8.48. The molecule has 0 unspecified atom stereocenters. The highest BCUT2D eigenvalue weighted by molar-refractivity contribution is 5.85. The third-order valence-electron chi connectivity index (χ3n) is 1.24. The van der Waals surface area contributed by atoms with Crippen LogP contribution in [-0.4, -0.2) is 11.7 Å². The van der Waals surface area contributed by atoms with Crippen molar-refractivity contribution in [1.29, 1.82) is 0 Å². The van der Waals surface area contributed by atoms with Crippen molar-refractivity contribution in [3.63, 3.8) is 0 Å². The average molecular weight is 178 g/mol. The summed E-state index contributed by atoms with van der Waals surface area (Å²) in [6, 6.07) is 0. The molecule has 4 heteroatoms. The van der Waals surface area contributed by atoms with E-state index >= 15 is 0 Å². The van der Waals surface area contributed by atoms with E-state index in [1.807, 2.05) is 12.2 Å². The van der Waals surface area contributed by atoms with Crippen LogP contribution in [0, 0.1) is 0 Å². The predicted molar refractivity (Wildman–Crippen MR) is 45.0 cm³/mol. The Bertz CT molecular complexity index is 157. The molecule has 0 spiro atoms. The van der Waals surface area contributed by atoms with Crippen LogP contribution in [0.1, 0.15) is 12.8 Å². The van der Waals surface area contributed by atoms with E-state index in [0.717, 1.165) is 18.5 Å². The number of aliphatic hydroxyl groups excluding tert-OH is 1. The van der Waals surface area contributed by atoms with Gasteiger partial charge in [-0.05, 0) is 25.0 Å². The first kappa shape index (κ1) is 10.3. The molecule has 0 amide bonds. The topological polar surface area (TPSA) is 41.5 Å². The van der Waals surface area contributed by atoms with E-state index in [-0.39, 0.29) is 19.0 Å². The van der Waals surface area contributed by atoms with Gasteiger partial charge in [-0.15, -0.1) is 12.4 Å². The molecule has 1 rings (SSSR count). The number of halogens is 1. The zero-order valence-electron chi connectivity index (χ0n) is 6.12. The zero-order valence-corrected chi connectivity index (χ0v) is 6.93. The van der Waals surface area contributed by atoms with Crippen molar-refractivity contribution in [1.82, 2.24) is 5.48 Å². The SMILES string of the molecule is Cl.OCCCC1=CC=CON1. The Hall–Kier alpha value is -0.670. The van der Waals surface area contributed by atoms with Gasteiger partial charge in [-0.25, -0.2) is 5.48 Å². The average Bonchev–Trinajstić information content (AvgIpc) is 2.03. The predicted octanol–water partition coefficient (Wildman–Crippen LogP) is 1.11. The summed E-state index contributed by atoms with van der Waals surface area (Å²) >= 11 is 0. The van der Waals surface area contributed by atoms with E-state index in [2.05, 4.69) is 5.48 Å². The fourth-order valence-electron chi connectivity index (χ4n) is 0.742. The highest BCUT2D eigenvalue weighted by Gasteiger charge is 1.96. The molecule has 0 atom stereocenters. The van der Waals surface area contributed by atoms with E-state index in [0.29, 0.717) is 0 Å². The lowest BCUT2D eigenvalue weighted by Gasteiger charge is -2.10. The number of aliphatic hydroxyl groups is 1. The number of hydrogen-bond donors (Lipinski definition) is 2. The van der Waals surface area contributed by atoms with Gasteiger partial charge >= 0.3 is 0 Å². The number of hydroxylamine groups is 1. The first-order valence-electron chi connectivity index (χ1n) is 3.31. The molecule has 3 nitrogen and oxygen atoms in total. The molecular weight excluding hydrogens is 166 g/mol. The zero-order chi connectivity index (χ0) is 7.23. The van der Waals surface area contributed by atoms with Crippen LogP contribution in [0.2, 0.25) is 0 Å². The van der Waals surface area contributed by atoms with Crippen LogP contribution in [0.5, 0.6) is 0 Å². The van der Waals surface area contributed by atoms with Gasteiger partial charge in [0.2, 0.25) is 0 Å². The Morgan fingerprint density at radius 2 is 2.36 bits per heavy atom. The summed E-state index contributed by atoms with van der Waals surface area (Å²) in [7, 11) is 0. The van der Waals surface area contributed by atoms with Crippen LogP contribution in [0.3, 0.4) is 0 Å². The maximum Gasteiger partial charge on any atom is 0.119 e. The van der Waals surface area contributed by atoms with Crippen molar-refractivity contribution < 1.29 is 9.94 Å². The lowest BCUT2D eigenvalue weighted by Crippen LogP contribution is -2.13. The second-order valence-electron chi connectivity index (χ2n) is 2.07. The Labute approximate surface area is 72.1 Å². The molecule has 2 N–H and O–H groups in total. The second kappa shape index (κ2) is 6.07. The van der Waals surface area contributed by atoms with Crippen LogP contribution >= 0.6 is 12.4 Å². The monoisotopic (exact) mass is 177 g/mol. The summed E-state index contributed by atoms with van der Waals surface area (Å²) in [5, 5.41) is 8.48. The Balaban J connectivity index is 0.000001000. The Morgan fingerprint density at radius 1 is 1.55 bits per heavy atom. The smallest absolute Gasteiger partial charge is 0.119 e. The summed E-state index contributed by atoms with van der Waals surface area (Å²) in [6.07, 6.45) is 6.93. The molecule has 1 heterocycles. The third kappa shape index (κ3) is 3.91. The van der Waals surface area contributed by atoms with Gasteiger partial charge < -0.3 is 9.94 Å². The molecule has 0 aromatic heterocycles. The van der Waals surface area contributed by atoms with Crippen LogP contribution in [0.4, 0.5) is 0 Å². The molecule has 1 aliphatic heterocycles. The highest BCUT2D eigenvalue weighted by atomic mass is 35.5. The number of allylic oxidation sites excluding steroid dienone is 3. The lowest BCUT2D eigenvalue weighted by molar-refractivity contribution is 0.154. The van der Waals surface area contributed by atoms with Crippen molar-refractivity contribution in [2.75, 3.05) is 6.61 Å². The minimum absolute atomic E-state index is 0. The maximum absolute atomic E-state index is 8.48. The molecule has 0 bridgehead atoms. The second-order valence-corrected chi connectivity index (χ2v) is 2.07. The summed E-state index contributed by atoms with van der Waals surface area (Å²) in [5.41, 5.74) is 3.73. The van der Waals surface area contributed by atoms with Crippen LogP contribution in [0.25, 0.3) is 0 Å². The molecule has 64 valence electrons. The van der Waals surface area contributed by atoms with E-state index < -0.39 is 0 Å². The standard InChI is InChI=1S/C7H11NO2.ClH/c9-5-1-3-7-4-2-6-10-8-7;/h2,4,6,8-9H,1,3,5H2;1H. The van der Waals surface area contributed by atoms with Gasteiger partial charge in [0, 0.05) is 12.3 Å². The first-order valence-corrected chi connectivity index (χ1v) is 3.31. The first-order chi connectivity index (χ1) is 4.93. The van der Waals surface area contributed by atoms with Crippen LogP contribution in [-0.2, 0) is 4.84 Å². The van der Waals surface area contributed by atoms with Gasteiger partial charge in [0.15, 0.2) is 0 Å². The van der Waals surface area contributed by atoms with Crippen molar-refractivity contribution in [3.05, 3.63) is 24.1 Å². The quantitative estimate of drug-likeness (QED) is 0.679. The fraction of sp³-hybridized carbons (Fsp3) is 0.429. The van der Waals surface area contributed by atoms with Crippen molar-refractivity contribution >= 4 is 12.4 Å². The molecule has 0 aliphatic carbocycles. The van der Waals surface area contributed by atoms with E-state index in [1.165, 1.54) is 0 Å². The molecule has 0 saturated heterocycles. The number of nitrogens with one attached hydrogen (secondary N) is 1. The van der Waals surface area contributed by atoms with Gasteiger partial charge in [0.1, 0.15) is 6.26 Å². The van der Waals surface area contributed by atoms with Gasteiger partial charge in [-0.3, -0.25) is 0 Å². The van der Waals surface area contributed by atoms with E-state index in [9.17, 15) is 0 Å². The molecule has 0 aromatic rings. The molecule has 11 heavy (non-hydrogen) atoms. The Kier molecular flexibility index (Phi) is 5.70. The third-order valence-corrected chi connectivity index (χ3v) is 1.24. The Morgan fingerprint density at radius 3 is 2.91 bits per heavy atom. The summed E-state index contributed by atoms with van der Waals surface area (Å²) in [6.45, 7) is 0.225. The van der Waals surface area contributed by atoms with Gasteiger partial charge in [0.25, 0.3) is 0 Å². The number of rotatable bonds is 3. The molecule has 0 fully saturated rings. The van der Waals surface area contributed by atoms with E-state index in [1.54, 1.807) is 6.26 Å². The summed E-state index contributed by atoms with van der Waals surface area (Å²) < 4.78 is 0. The highest BCUT2D eigenvalue weighted by Crippen LogP contribution is 2.04. The minimum Gasteiger partial charge on any atom is -0.396 e. The fourth-order valence-corrected chi connectivity index (χ4v) is 0.742. The normalized spacial score (nSPS) is 14.1. The van der Waals surface area contributed by atoms with Crippen LogP contribution < -0.4 is 5.48 Å². The van der Waals surface area contributed by atoms with Crippen molar-refractivity contribution in [3.8, 4) is 0 Å². The molecule has 0 saturated carbocycles. The molecule has 0 radical (unpaired) electrons. The largest absolute Gasteiger partial charge is 0.396 e. The molecule has 0 aromatic carbocycles. The molecular formula is C7H12ClNO2. The van der Waals surface area contributed by atoms with Gasteiger partial charge in [0.05, 0.1) is 0 Å². The molecule has 1 aliphatic rings. The summed E-state index contributed by atoms with van der Waals surface area (Å²) in [5.74, 6) is 0. The van der Waals surface area contributed by atoms with E-state index in [4.69, 9.17) is 9.94 Å². The minimum atomic E-state index is 0. The van der Waals surface area contributed by atoms with Gasteiger partial charge in [-0.2, -0.15) is 0 Å².